The lowest BCUT2D eigenvalue weighted by Crippen LogP contribution is -2.68. The van der Waals surface area contributed by atoms with E-state index in [1.54, 1.807) is 0 Å². The standard InChI is InChI=1S/C47H76O18/c1-21-10-15-47(41(58)65-40-34(56)32(54)30(52)25(19-49)62-40)17-16-44(5)22(37(47)46(21,7)59)8-9-27-43(4)13-12-28(42(2,3)26(43)11-14-45(27,44)6)63-38-35(57)36(23(50)20-60-38)64-39-33(55)31(53)29(51)24(18-48)61-39/h8,21,23-40,48-57,59H,9-20H2,1-7H3/t21-,23+,24-,25-,26?,27?,28+,29-,30-,31+,32+,33-,34-,35-,36+,37?,38?,39?,40?,43+,44-,45-,46-,47+/m1/s1. The largest absolute Gasteiger partial charge is 0.432 e. The Bertz CT molecular complexity index is 1770. The van der Waals surface area contributed by atoms with Crippen molar-refractivity contribution < 1.29 is 89.4 Å². The first-order valence-electron chi connectivity index (χ1n) is 23.9. The minimum Gasteiger partial charge on any atom is -0.432 e. The molecular weight excluding hydrogens is 852 g/mol. The number of aliphatic hydroxyl groups is 11. The summed E-state index contributed by atoms with van der Waals surface area (Å²) in [6.45, 7) is 13.7. The predicted molar refractivity (Wildman–Crippen MR) is 226 cm³/mol. The summed E-state index contributed by atoms with van der Waals surface area (Å²) >= 11 is 0. The summed E-state index contributed by atoms with van der Waals surface area (Å²) in [5, 5.41) is 117. The van der Waals surface area contributed by atoms with Crippen molar-refractivity contribution in [1.29, 1.82) is 0 Å². The molecule has 8 aliphatic rings. The van der Waals surface area contributed by atoms with E-state index in [0.717, 1.165) is 24.8 Å². The quantitative estimate of drug-likeness (QED) is 0.0850. The van der Waals surface area contributed by atoms with Gasteiger partial charge in [-0.15, -0.1) is 0 Å². The average Bonchev–Trinajstić information content (AvgIpc) is 3.25. The van der Waals surface area contributed by atoms with Crippen LogP contribution >= 0.6 is 0 Å². The van der Waals surface area contributed by atoms with E-state index in [0.29, 0.717) is 38.5 Å². The fraction of sp³-hybridized carbons (Fsp3) is 0.936. The van der Waals surface area contributed by atoms with Crippen molar-refractivity contribution in [3.8, 4) is 0 Å². The zero-order chi connectivity index (χ0) is 47.6. The third kappa shape index (κ3) is 7.53. The average molecular weight is 929 g/mol. The molecule has 0 amide bonds. The van der Waals surface area contributed by atoms with Crippen molar-refractivity contribution in [1.82, 2.24) is 0 Å². The van der Waals surface area contributed by atoms with Crippen molar-refractivity contribution in [2.24, 2.45) is 50.7 Å². The van der Waals surface area contributed by atoms with Gasteiger partial charge in [0, 0.05) is 5.92 Å². The molecule has 24 atom stereocenters. The van der Waals surface area contributed by atoms with Crippen LogP contribution < -0.4 is 0 Å². The molecule has 372 valence electrons. The number of allylic oxidation sites excluding steroid dienone is 1. The summed E-state index contributed by atoms with van der Waals surface area (Å²) in [5.41, 5.74) is -2.68. The predicted octanol–water partition coefficient (Wildman–Crippen LogP) is -0.250. The van der Waals surface area contributed by atoms with Crippen LogP contribution in [0.25, 0.3) is 0 Å². The smallest absolute Gasteiger partial charge is 0.315 e. The number of rotatable bonds is 8. The van der Waals surface area contributed by atoms with Crippen molar-refractivity contribution >= 4 is 5.97 Å². The van der Waals surface area contributed by atoms with Crippen LogP contribution in [0.5, 0.6) is 0 Å². The van der Waals surface area contributed by atoms with Gasteiger partial charge in [-0.05, 0) is 104 Å². The van der Waals surface area contributed by atoms with E-state index in [9.17, 15) is 61.0 Å². The van der Waals surface area contributed by atoms with E-state index < -0.39 is 133 Å². The van der Waals surface area contributed by atoms with Crippen LogP contribution in [0.3, 0.4) is 0 Å². The monoisotopic (exact) mass is 929 g/mol. The minimum atomic E-state index is -1.75. The van der Waals surface area contributed by atoms with Crippen molar-refractivity contribution in [2.75, 3.05) is 19.8 Å². The molecule has 0 spiro atoms. The first-order chi connectivity index (χ1) is 30.3. The topological polar surface area (TPSA) is 295 Å². The molecule has 3 saturated heterocycles. The van der Waals surface area contributed by atoms with Gasteiger partial charge in [0.2, 0.25) is 6.29 Å². The van der Waals surface area contributed by atoms with Gasteiger partial charge in [0.25, 0.3) is 0 Å². The Morgan fingerprint density at radius 2 is 1.31 bits per heavy atom. The van der Waals surface area contributed by atoms with Gasteiger partial charge in [-0.25, -0.2) is 0 Å². The molecule has 4 saturated carbocycles. The van der Waals surface area contributed by atoms with Gasteiger partial charge in [-0.1, -0.05) is 53.2 Å². The maximum absolute atomic E-state index is 14.7. The first kappa shape index (κ1) is 50.0. The van der Waals surface area contributed by atoms with Gasteiger partial charge in [0.1, 0.15) is 67.1 Å². The summed E-state index contributed by atoms with van der Waals surface area (Å²) in [5.74, 6) is -1.02. The van der Waals surface area contributed by atoms with Gasteiger partial charge in [0.15, 0.2) is 12.6 Å². The lowest BCUT2D eigenvalue weighted by atomic mass is 9.33. The molecule has 3 aliphatic heterocycles. The maximum atomic E-state index is 14.7. The lowest BCUT2D eigenvalue weighted by Gasteiger charge is -2.72. The Hall–Kier alpha value is -1.43. The SMILES string of the molecule is C[C@@H]1CC[C@]2(C(=O)OC3O[C@H](CO)[C@@H](O)[C@H](O)[C@H]3O)CC[C@]3(C)C(=CCC4[C@@]5(C)CC[C@H](OC6OC[C@H](O)[C@H](OC7O[C@H](CO)[C@@H](O)[C@H](O)[C@H]7O)[C@H]6O)C(C)(C)C5CC[C@]43C)C2[C@]1(C)O. The molecule has 11 N–H and O–H groups in total. The molecule has 8 rings (SSSR count). The van der Waals surface area contributed by atoms with Crippen LogP contribution in [-0.4, -0.2) is 180 Å². The summed E-state index contributed by atoms with van der Waals surface area (Å²) in [7, 11) is 0. The molecular formula is C47H76O18. The van der Waals surface area contributed by atoms with E-state index in [4.69, 9.17) is 28.4 Å². The van der Waals surface area contributed by atoms with Crippen LogP contribution in [0.1, 0.15) is 106 Å². The van der Waals surface area contributed by atoms with Crippen LogP contribution in [0, 0.1) is 50.7 Å². The van der Waals surface area contributed by atoms with Gasteiger partial charge in [-0.3, -0.25) is 4.79 Å². The Kier molecular flexibility index (Phi) is 13.4. The number of carbonyl (C=O) groups excluding carboxylic acids is 1. The van der Waals surface area contributed by atoms with Crippen molar-refractivity contribution in [2.45, 2.75) is 204 Å². The molecule has 3 heterocycles. The number of carbonyl (C=O) groups is 1. The van der Waals surface area contributed by atoms with Gasteiger partial charge >= 0.3 is 5.97 Å². The second-order valence-corrected chi connectivity index (χ2v) is 22.7. The summed E-state index contributed by atoms with van der Waals surface area (Å²) in [4.78, 5) is 14.7. The van der Waals surface area contributed by atoms with Gasteiger partial charge in [-0.2, -0.15) is 0 Å². The summed E-state index contributed by atoms with van der Waals surface area (Å²) in [6.07, 6.45) is -13.4. The molecule has 5 aliphatic carbocycles. The number of ether oxygens (including phenoxy) is 6. The van der Waals surface area contributed by atoms with E-state index in [-0.39, 0.29) is 41.3 Å². The molecule has 0 aromatic heterocycles. The molecule has 0 radical (unpaired) electrons. The van der Waals surface area contributed by atoms with Crippen molar-refractivity contribution in [3.05, 3.63) is 11.6 Å². The third-order valence-electron chi connectivity index (χ3n) is 19.3. The van der Waals surface area contributed by atoms with Gasteiger partial charge in [0.05, 0.1) is 36.9 Å². The normalized spacial score (nSPS) is 55.4. The molecule has 18 nitrogen and oxygen atoms in total. The molecule has 7 fully saturated rings. The first-order valence-corrected chi connectivity index (χ1v) is 23.9. The second kappa shape index (κ2) is 17.5. The van der Waals surface area contributed by atoms with E-state index in [1.165, 1.54) is 0 Å². The number of esters is 1. The molecule has 0 aromatic rings. The zero-order valence-corrected chi connectivity index (χ0v) is 38.8. The molecule has 0 aromatic carbocycles. The van der Waals surface area contributed by atoms with Crippen LogP contribution in [-0.2, 0) is 33.2 Å². The van der Waals surface area contributed by atoms with Crippen LogP contribution in [0.2, 0.25) is 0 Å². The van der Waals surface area contributed by atoms with Gasteiger partial charge < -0.3 is 84.6 Å². The maximum Gasteiger partial charge on any atom is 0.315 e. The van der Waals surface area contributed by atoms with E-state index in [2.05, 4.69) is 40.7 Å². The number of fused-ring (bicyclic) bond motifs is 7. The Balaban J connectivity index is 1.02. The Labute approximate surface area is 380 Å². The van der Waals surface area contributed by atoms with Crippen LogP contribution in [0.15, 0.2) is 11.6 Å². The lowest BCUT2D eigenvalue weighted by molar-refractivity contribution is -0.357. The minimum absolute atomic E-state index is 0.150. The highest BCUT2D eigenvalue weighted by atomic mass is 16.7. The van der Waals surface area contributed by atoms with Crippen LogP contribution in [0.4, 0.5) is 0 Å². The number of aliphatic hydroxyl groups excluding tert-OH is 10. The Morgan fingerprint density at radius 3 is 1.94 bits per heavy atom. The van der Waals surface area contributed by atoms with E-state index >= 15 is 0 Å². The zero-order valence-electron chi connectivity index (χ0n) is 38.8. The summed E-state index contributed by atoms with van der Waals surface area (Å²) < 4.78 is 35.5. The molecule has 18 heteroatoms. The molecule has 6 unspecified atom stereocenters. The highest BCUT2D eigenvalue weighted by Gasteiger charge is 2.72. The fourth-order valence-electron chi connectivity index (χ4n) is 15.0. The van der Waals surface area contributed by atoms with E-state index in [1.807, 2.05) is 13.8 Å². The highest BCUT2D eigenvalue weighted by Crippen LogP contribution is 2.76. The molecule has 65 heavy (non-hydrogen) atoms. The highest BCUT2D eigenvalue weighted by molar-refractivity contribution is 5.79. The number of hydrogen-bond donors (Lipinski definition) is 11. The second-order valence-electron chi connectivity index (χ2n) is 22.7. The fourth-order valence-corrected chi connectivity index (χ4v) is 15.0. The third-order valence-corrected chi connectivity index (χ3v) is 19.3. The number of hydrogen-bond acceptors (Lipinski definition) is 18. The molecule has 0 bridgehead atoms. The van der Waals surface area contributed by atoms with Crippen molar-refractivity contribution in [3.63, 3.8) is 0 Å². The summed E-state index contributed by atoms with van der Waals surface area (Å²) in [6, 6.07) is 0. The Morgan fingerprint density at radius 1 is 0.692 bits per heavy atom.